The molecule has 0 aliphatic carbocycles. The third kappa shape index (κ3) is 4.79. The van der Waals surface area contributed by atoms with Gasteiger partial charge in [0.1, 0.15) is 5.37 Å². The average molecular weight is 383 g/mol. The number of rotatable bonds is 7. The normalized spacial score (nSPS) is 20.8. The molecule has 0 radical (unpaired) electrons. The van der Waals surface area contributed by atoms with E-state index in [1.165, 1.54) is 10.4 Å². The molecule has 0 spiro atoms. The van der Waals surface area contributed by atoms with Crippen molar-refractivity contribution in [2.75, 3.05) is 13.1 Å². The molecule has 0 saturated carbocycles. The summed E-state index contributed by atoms with van der Waals surface area (Å²) in [7, 11) is 0. The van der Waals surface area contributed by atoms with Crippen molar-refractivity contribution in [1.82, 2.24) is 9.80 Å². The van der Waals surface area contributed by atoms with E-state index in [0.29, 0.717) is 25.4 Å². The average Bonchev–Trinajstić information content (AvgIpc) is 3.04. The Morgan fingerprint density at radius 2 is 2.00 bits per heavy atom. The lowest BCUT2D eigenvalue weighted by Gasteiger charge is -2.31. The molecule has 1 fully saturated rings. The van der Waals surface area contributed by atoms with Crippen LogP contribution >= 0.6 is 23.1 Å². The molecule has 0 unspecified atom stereocenters. The van der Waals surface area contributed by atoms with Gasteiger partial charge in [-0.05, 0) is 50.6 Å². The number of hydrogen-bond acceptors (Lipinski definition) is 4. The maximum atomic E-state index is 12.7. The standard InChI is InChI=1S/C19H30N2O2S2/c1-12(2)11-16(22)20(13(3)4)8-9-21-18(23)15(6)25-19(21)17-14(5)7-10-24-17/h7,10,12-13,15,19H,8-9,11H2,1-6H3/t15-,19-/m0/s1. The Bertz CT molecular complexity index is 612. The van der Waals surface area contributed by atoms with E-state index < -0.39 is 0 Å². The summed E-state index contributed by atoms with van der Waals surface area (Å²) in [4.78, 5) is 30.3. The lowest BCUT2D eigenvalue weighted by molar-refractivity contribution is -0.136. The fraction of sp³-hybridized carbons (Fsp3) is 0.684. The van der Waals surface area contributed by atoms with Crippen LogP contribution in [0.15, 0.2) is 11.4 Å². The van der Waals surface area contributed by atoms with Crippen LogP contribution in [0.1, 0.15) is 56.9 Å². The van der Waals surface area contributed by atoms with E-state index in [1.54, 1.807) is 23.1 Å². The Kier molecular flexibility index (Phi) is 6.97. The van der Waals surface area contributed by atoms with Crippen molar-refractivity contribution in [2.24, 2.45) is 5.92 Å². The minimum atomic E-state index is -0.0228. The molecule has 1 aliphatic rings. The van der Waals surface area contributed by atoms with Gasteiger partial charge in [-0.25, -0.2) is 0 Å². The molecule has 1 saturated heterocycles. The second kappa shape index (κ2) is 8.58. The number of thioether (sulfide) groups is 1. The highest BCUT2D eigenvalue weighted by Crippen LogP contribution is 2.45. The smallest absolute Gasteiger partial charge is 0.236 e. The molecular weight excluding hydrogens is 352 g/mol. The molecule has 1 aromatic rings. The maximum absolute atomic E-state index is 12.7. The van der Waals surface area contributed by atoms with Crippen molar-refractivity contribution < 1.29 is 9.59 Å². The first kappa shape index (κ1) is 20.3. The van der Waals surface area contributed by atoms with Crippen LogP contribution in [-0.4, -0.2) is 46.0 Å². The van der Waals surface area contributed by atoms with E-state index in [4.69, 9.17) is 0 Å². The molecule has 4 nitrogen and oxygen atoms in total. The monoisotopic (exact) mass is 382 g/mol. The quantitative estimate of drug-likeness (QED) is 0.706. The first-order chi connectivity index (χ1) is 11.7. The van der Waals surface area contributed by atoms with Gasteiger partial charge >= 0.3 is 0 Å². The van der Waals surface area contributed by atoms with Crippen molar-refractivity contribution in [1.29, 1.82) is 0 Å². The van der Waals surface area contributed by atoms with Crippen molar-refractivity contribution in [2.45, 2.75) is 64.6 Å². The van der Waals surface area contributed by atoms with Crippen molar-refractivity contribution in [3.05, 3.63) is 21.9 Å². The van der Waals surface area contributed by atoms with E-state index in [1.807, 2.05) is 30.6 Å². The largest absolute Gasteiger partial charge is 0.338 e. The predicted octanol–water partition coefficient (Wildman–Crippen LogP) is 4.30. The zero-order valence-electron chi connectivity index (χ0n) is 16.1. The van der Waals surface area contributed by atoms with Crippen LogP contribution in [0.25, 0.3) is 0 Å². The molecule has 140 valence electrons. The van der Waals surface area contributed by atoms with Gasteiger partial charge in [0.2, 0.25) is 11.8 Å². The minimum absolute atomic E-state index is 0.0228. The molecule has 2 atom stereocenters. The van der Waals surface area contributed by atoms with Gasteiger partial charge in [0.15, 0.2) is 0 Å². The molecule has 2 heterocycles. The molecule has 0 N–H and O–H groups in total. The number of amides is 2. The highest BCUT2D eigenvalue weighted by Gasteiger charge is 2.39. The Morgan fingerprint density at radius 1 is 1.32 bits per heavy atom. The summed E-state index contributed by atoms with van der Waals surface area (Å²) in [6.07, 6.45) is 0.560. The summed E-state index contributed by atoms with van der Waals surface area (Å²) < 4.78 is 0. The predicted molar refractivity (Wildman–Crippen MR) is 107 cm³/mol. The van der Waals surface area contributed by atoms with Gasteiger partial charge in [-0.1, -0.05) is 13.8 Å². The molecule has 2 amide bonds. The van der Waals surface area contributed by atoms with Crippen molar-refractivity contribution in [3.8, 4) is 0 Å². The third-order valence-corrected chi connectivity index (χ3v) is 7.06. The molecule has 2 rings (SSSR count). The molecule has 1 aromatic heterocycles. The Labute approximate surface area is 160 Å². The van der Waals surface area contributed by atoms with Gasteiger partial charge < -0.3 is 9.80 Å². The Hall–Kier alpha value is -1.01. The summed E-state index contributed by atoms with van der Waals surface area (Å²) in [5.41, 5.74) is 1.24. The van der Waals surface area contributed by atoms with Crippen LogP contribution in [0.3, 0.4) is 0 Å². The maximum Gasteiger partial charge on any atom is 0.236 e. The summed E-state index contributed by atoms with van der Waals surface area (Å²) >= 11 is 3.43. The summed E-state index contributed by atoms with van der Waals surface area (Å²) in [6, 6.07) is 2.26. The van der Waals surface area contributed by atoms with Gasteiger partial charge in [-0.2, -0.15) is 0 Å². The molecule has 1 aliphatic heterocycles. The van der Waals surface area contributed by atoms with E-state index in [9.17, 15) is 9.59 Å². The van der Waals surface area contributed by atoms with Crippen molar-refractivity contribution >= 4 is 34.9 Å². The highest BCUT2D eigenvalue weighted by molar-refractivity contribution is 8.01. The topological polar surface area (TPSA) is 40.6 Å². The molecule has 0 bridgehead atoms. The highest BCUT2D eigenvalue weighted by atomic mass is 32.2. The molecule has 25 heavy (non-hydrogen) atoms. The van der Waals surface area contributed by atoms with Gasteiger partial charge in [-0.3, -0.25) is 9.59 Å². The molecule has 0 aromatic carbocycles. The molecule has 6 heteroatoms. The number of thiophene rings is 1. The van der Waals surface area contributed by atoms with Gasteiger partial charge in [0, 0.05) is 30.4 Å². The van der Waals surface area contributed by atoms with Gasteiger partial charge in [-0.15, -0.1) is 23.1 Å². The zero-order valence-corrected chi connectivity index (χ0v) is 17.7. The van der Waals surface area contributed by atoms with Crippen LogP contribution < -0.4 is 0 Å². The second-order valence-corrected chi connectivity index (χ2v) is 9.78. The van der Waals surface area contributed by atoms with Crippen LogP contribution in [0.2, 0.25) is 0 Å². The summed E-state index contributed by atoms with van der Waals surface area (Å²) in [5, 5.41) is 2.14. The first-order valence-electron chi connectivity index (χ1n) is 9.01. The van der Waals surface area contributed by atoms with E-state index in [-0.39, 0.29) is 28.5 Å². The zero-order chi connectivity index (χ0) is 18.7. The summed E-state index contributed by atoms with van der Waals surface area (Å²) in [6.45, 7) is 13.5. The van der Waals surface area contributed by atoms with Crippen LogP contribution in [-0.2, 0) is 9.59 Å². The van der Waals surface area contributed by atoms with Crippen LogP contribution in [0.4, 0.5) is 0 Å². The van der Waals surface area contributed by atoms with E-state index in [2.05, 4.69) is 32.2 Å². The fourth-order valence-electron chi connectivity index (χ4n) is 3.10. The number of carbonyl (C=O) groups excluding carboxylic acids is 2. The van der Waals surface area contributed by atoms with Crippen LogP contribution in [0, 0.1) is 12.8 Å². The number of nitrogens with zero attached hydrogens (tertiary/aromatic N) is 2. The number of hydrogen-bond donors (Lipinski definition) is 0. The fourth-order valence-corrected chi connectivity index (χ4v) is 5.65. The number of aryl methyl sites for hydroxylation is 1. The lowest BCUT2D eigenvalue weighted by Crippen LogP contribution is -2.44. The van der Waals surface area contributed by atoms with Gasteiger partial charge in [0.25, 0.3) is 0 Å². The second-order valence-electron chi connectivity index (χ2n) is 7.41. The van der Waals surface area contributed by atoms with E-state index >= 15 is 0 Å². The number of carbonyl (C=O) groups is 2. The van der Waals surface area contributed by atoms with Gasteiger partial charge in [0.05, 0.1) is 5.25 Å². The third-order valence-electron chi connectivity index (χ3n) is 4.48. The van der Waals surface area contributed by atoms with E-state index in [0.717, 1.165) is 0 Å². The lowest BCUT2D eigenvalue weighted by atomic mass is 10.1. The van der Waals surface area contributed by atoms with Crippen LogP contribution in [0.5, 0.6) is 0 Å². The molecular formula is C19H30N2O2S2. The SMILES string of the molecule is Cc1ccsc1[C@@H]1S[C@@H](C)C(=O)N1CCN(C(=O)CC(C)C)C(C)C. The Morgan fingerprint density at radius 3 is 2.52 bits per heavy atom. The first-order valence-corrected chi connectivity index (χ1v) is 10.8. The Balaban J connectivity index is 2.11. The summed E-state index contributed by atoms with van der Waals surface area (Å²) in [5.74, 6) is 0.711. The minimum Gasteiger partial charge on any atom is -0.338 e. The van der Waals surface area contributed by atoms with Crippen molar-refractivity contribution in [3.63, 3.8) is 0 Å².